The van der Waals surface area contributed by atoms with Crippen molar-refractivity contribution in [3.05, 3.63) is 92.4 Å². The Morgan fingerprint density at radius 3 is 2.68 bits per heavy atom. The summed E-state index contributed by atoms with van der Waals surface area (Å²) in [5.41, 5.74) is 0.248. The molecule has 0 spiro atoms. The van der Waals surface area contributed by atoms with Gasteiger partial charge in [0.1, 0.15) is 28.2 Å². The number of carbonyl (C=O) groups is 1. The van der Waals surface area contributed by atoms with Crippen molar-refractivity contribution in [2.45, 2.75) is 13.0 Å². The van der Waals surface area contributed by atoms with Gasteiger partial charge in [-0.3, -0.25) is 14.6 Å². The summed E-state index contributed by atoms with van der Waals surface area (Å²) in [6.45, 7) is 0.0622. The molecule has 0 saturated heterocycles. The molecule has 0 fully saturated rings. The lowest BCUT2D eigenvalue weighted by atomic mass is 10.1. The maximum absolute atomic E-state index is 13.8. The van der Waals surface area contributed by atoms with Gasteiger partial charge in [0, 0.05) is 42.6 Å². The highest BCUT2D eigenvalue weighted by molar-refractivity contribution is 7.14. The van der Waals surface area contributed by atoms with Gasteiger partial charge in [-0.25, -0.2) is 13.2 Å². The maximum Gasteiger partial charge on any atom is 0.268 e. The fraction of sp³-hybridized carbons (Fsp3) is 0.100. The quantitative estimate of drug-likeness (QED) is 0.426. The summed E-state index contributed by atoms with van der Waals surface area (Å²) in [5, 5.41) is 11.4. The number of aromatic amines is 2. The second-order valence-electron chi connectivity index (χ2n) is 6.41. The van der Waals surface area contributed by atoms with E-state index in [1.807, 2.05) is 0 Å². The van der Waals surface area contributed by atoms with E-state index in [9.17, 15) is 22.8 Å². The van der Waals surface area contributed by atoms with E-state index in [2.05, 4.69) is 37.7 Å². The second kappa shape index (κ2) is 8.45. The molecule has 3 aromatic heterocycles. The van der Waals surface area contributed by atoms with Crippen molar-refractivity contribution >= 4 is 17.2 Å². The number of hydrogen-bond donors (Lipinski definition) is 3. The molecule has 3 N–H and O–H groups in total. The van der Waals surface area contributed by atoms with Crippen molar-refractivity contribution in [1.82, 2.24) is 25.5 Å². The zero-order valence-electron chi connectivity index (χ0n) is 15.6. The van der Waals surface area contributed by atoms with Crippen LogP contribution >= 0.6 is 11.3 Å². The molecule has 3 heterocycles. The van der Waals surface area contributed by atoms with Gasteiger partial charge in [0.2, 0.25) is 0 Å². The summed E-state index contributed by atoms with van der Waals surface area (Å²) in [4.78, 5) is 29.2. The molecule has 1 amide bonds. The molecule has 0 radical (unpaired) electrons. The number of hydrogen-bond acceptors (Lipinski definition) is 5. The summed E-state index contributed by atoms with van der Waals surface area (Å²) >= 11 is 1.13. The molecule has 7 nitrogen and oxygen atoms in total. The first-order chi connectivity index (χ1) is 14.9. The minimum absolute atomic E-state index is 0.0622. The first-order valence-electron chi connectivity index (χ1n) is 8.83. The molecule has 1 aromatic carbocycles. The summed E-state index contributed by atoms with van der Waals surface area (Å²) in [6, 6.07) is 6.72. The van der Waals surface area contributed by atoms with E-state index in [0.29, 0.717) is 33.3 Å². The van der Waals surface area contributed by atoms with Gasteiger partial charge in [-0.15, -0.1) is 10.2 Å². The molecule has 11 heteroatoms. The second-order valence-corrected chi connectivity index (χ2v) is 7.47. The number of nitrogens with one attached hydrogen (secondary N) is 3. The molecular weight excluding hydrogens is 431 g/mol. The van der Waals surface area contributed by atoms with Crippen LogP contribution in [-0.2, 0) is 13.0 Å². The molecule has 156 valence electrons. The standard InChI is InChI=1S/C20H12F3N5O2S/c21-11-6-14(22)13(15(23)7-11)4-10-5-16(25-8-10)19(30)26-9-17-27-28-20(31-17)12-2-1-3-24-18(12)29/h2,5-8,25H,4,9H2,(H,24,29)(H,26,30). The number of rotatable bonds is 6. The molecule has 0 unspecified atom stereocenters. The van der Waals surface area contributed by atoms with Gasteiger partial charge in [0.15, 0.2) is 5.01 Å². The topological polar surface area (TPSA) is 104 Å². The highest BCUT2D eigenvalue weighted by atomic mass is 32.1. The van der Waals surface area contributed by atoms with Crippen molar-refractivity contribution < 1.29 is 18.0 Å². The Balaban J connectivity index is 1.40. The molecule has 0 aliphatic carbocycles. The van der Waals surface area contributed by atoms with Gasteiger partial charge in [-0.2, -0.15) is 0 Å². The van der Waals surface area contributed by atoms with Gasteiger partial charge < -0.3 is 10.3 Å². The van der Waals surface area contributed by atoms with Crippen LogP contribution in [-0.4, -0.2) is 26.1 Å². The molecule has 4 rings (SSSR count). The van der Waals surface area contributed by atoms with Crippen LogP contribution in [0.25, 0.3) is 10.6 Å². The smallest absolute Gasteiger partial charge is 0.268 e. The SMILES string of the molecule is O=C(NCc1nnc(-c2cc#c[nH]c2=O)s1)c1cc(Cc2c(F)cc(F)cc2F)c[nH]1. The van der Waals surface area contributed by atoms with Crippen LogP contribution in [0.4, 0.5) is 13.2 Å². The van der Waals surface area contributed by atoms with Gasteiger partial charge in [-0.1, -0.05) is 17.4 Å². The largest absolute Gasteiger partial charge is 0.357 e. The Labute approximate surface area is 177 Å². The first kappa shape index (κ1) is 20.4. The molecule has 4 aromatic rings. The van der Waals surface area contributed by atoms with E-state index >= 15 is 0 Å². The normalized spacial score (nSPS) is 10.7. The van der Waals surface area contributed by atoms with E-state index in [4.69, 9.17) is 0 Å². The third-order valence-corrected chi connectivity index (χ3v) is 5.24. The third kappa shape index (κ3) is 4.49. The van der Waals surface area contributed by atoms with Crippen LogP contribution in [0.15, 0.2) is 35.3 Å². The van der Waals surface area contributed by atoms with Crippen LogP contribution < -0.4 is 10.9 Å². The number of H-pyrrole nitrogens is 2. The van der Waals surface area contributed by atoms with E-state index in [1.165, 1.54) is 18.3 Å². The Hall–Kier alpha value is -3.91. The fourth-order valence-electron chi connectivity index (χ4n) is 2.80. The van der Waals surface area contributed by atoms with Crippen molar-refractivity contribution in [2.75, 3.05) is 0 Å². The molecule has 0 aliphatic rings. The van der Waals surface area contributed by atoms with Crippen molar-refractivity contribution in [3.63, 3.8) is 0 Å². The van der Waals surface area contributed by atoms with E-state index in [1.54, 1.807) is 0 Å². The predicted octanol–water partition coefficient (Wildman–Crippen LogP) is 2.76. The lowest BCUT2D eigenvalue weighted by molar-refractivity contribution is 0.0946. The monoisotopic (exact) mass is 443 g/mol. The molecule has 0 aliphatic heterocycles. The average molecular weight is 443 g/mol. The first-order valence-corrected chi connectivity index (χ1v) is 9.65. The Morgan fingerprint density at radius 2 is 1.94 bits per heavy atom. The van der Waals surface area contributed by atoms with Gasteiger partial charge >= 0.3 is 0 Å². The lowest BCUT2D eigenvalue weighted by Crippen LogP contribution is -2.23. The summed E-state index contributed by atoms with van der Waals surface area (Å²) in [6.07, 6.45) is 3.73. The minimum Gasteiger partial charge on any atom is -0.357 e. The predicted molar refractivity (Wildman–Crippen MR) is 105 cm³/mol. The van der Waals surface area contributed by atoms with Crippen molar-refractivity contribution in [1.29, 1.82) is 0 Å². The molecule has 31 heavy (non-hydrogen) atoms. The molecule has 0 bridgehead atoms. The van der Waals surface area contributed by atoms with Crippen LogP contribution in [0, 0.1) is 29.7 Å². The third-order valence-electron chi connectivity index (χ3n) is 4.28. The summed E-state index contributed by atoms with van der Waals surface area (Å²) in [7, 11) is 0. The Morgan fingerprint density at radius 1 is 1.16 bits per heavy atom. The van der Waals surface area contributed by atoms with Gasteiger partial charge in [0.25, 0.3) is 11.5 Å². The Bertz CT molecular complexity index is 1290. The van der Waals surface area contributed by atoms with Crippen molar-refractivity contribution in [2.24, 2.45) is 0 Å². The number of carbonyl (C=O) groups excluding carboxylic acids is 1. The van der Waals surface area contributed by atoms with Crippen LogP contribution in [0.5, 0.6) is 0 Å². The van der Waals surface area contributed by atoms with E-state index < -0.39 is 23.4 Å². The van der Waals surface area contributed by atoms with E-state index in [-0.39, 0.29) is 29.8 Å². The van der Waals surface area contributed by atoms with Crippen LogP contribution in [0.2, 0.25) is 0 Å². The fourth-order valence-corrected chi connectivity index (χ4v) is 3.59. The zero-order chi connectivity index (χ0) is 22.0. The molecular formula is C20H12F3N5O2S. The molecule has 0 saturated carbocycles. The maximum atomic E-state index is 13.8. The van der Waals surface area contributed by atoms with Crippen LogP contribution in [0.1, 0.15) is 26.6 Å². The number of nitrogens with zero attached hydrogens (tertiary/aromatic N) is 2. The Kier molecular flexibility index (Phi) is 5.55. The number of aromatic nitrogens is 4. The molecule has 0 atom stereocenters. The average Bonchev–Trinajstić information content (AvgIpc) is 3.39. The summed E-state index contributed by atoms with van der Waals surface area (Å²) in [5.74, 6) is -3.46. The van der Waals surface area contributed by atoms with Gasteiger partial charge in [0.05, 0.1) is 12.1 Å². The number of benzene rings is 1. The van der Waals surface area contributed by atoms with Gasteiger partial charge in [-0.05, 0) is 11.6 Å². The number of halogens is 3. The zero-order valence-corrected chi connectivity index (χ0v) is 16.4. The van der Waals surface area contributed by atoms with Crippen molar-refractivity contribution in [3.8, 4) is 10.6 Å². The highest BCUT2D eigenvalue weighted by Crippen LogP contribution is 2.20. The highest BCUT2D eigenvalue weighted by Gasteiger charge is 2.16. The summed E-state index contributed by atoms with van der Waals surface area (Å²) < 4.78 is 40.7. The van der Waals surface area contributed by atoms with Crippen LogP contribution in [0.3, 0.4) is 0 Å². The van der Waals surface area contributed by atoms with E-state index in [0.717, 1.165) is 11.3 Å². The minimum atomic E-state index is -0.999. The lowest BCUT2D eigenvalue weighted by Gasteiger charge is -2.03. The number of amides is 1.